The Kier molecular flexibility index (Phi) is 6.26. The fraction of sp³-hybridized carbons (Fsp3) is 0.444. The average molecular weight is 463 g/mol. The Labute approximate surface area is 198 Å². The molecule has 3 aliphatic carbocycles. The van der Waals surface area contributed by atoms with Gasteiger partial charge in [-0.1, -0.05) is 55.0 Å². The third-order valence-corrected chi connectivity index (χ3v) is 7.51. The lowest BCUT2D eigenvalue weighted by molar-refractivity contribution is -0.143. The van der Waals surface area contributed by atoms with Crippen LogP contribution in [0.2, 0.25) is 0 Å². The highest BCUT2D eigenvalue weighted by molar-refractivity contribution is 5.86. The summed E-state index contributed by atoms with van der Waals surface area (Å²) in [7, 11) is 0. The number of aliphatic carboxylic acids is 1. The van der Waals surface area contributed by atoms with Crippen LogP contribution in [0.4, 0.5) is 4.79 Å². The van der Waals surface area contributed by atoms with E-state index in [1.165, 1.54) is 11.1 Å². The molecule has 2 aromatic rings. The third-order valence-electron chi connectivity index (χ3n) is 7.51. The zero-order valence-corrected chi connectivity index (χ0v) is 19.0. The van der Waals surface area contributed by atoms with Gasteiger partial charge in [-0.3, -0.25) is 4.79 Å². The maximum atomic E-state index is 12.8. The zero-order chi connectivity index (χ0) is 23.7. The average Bonchev–Trinajstić information content (AvgIpc) is 3.48. The first kappa shape index (κ1) is 22.4. The molecule has 0 aromatic heterocycles. The number of carboxylic acids is 1. The minimum atomic E-state index is -0.970. The molecule has 2 aromatic carbocycles. The topological polar surface area (TPSA) is 105 Å². The van der Waals surface area contributed by atoms with Crippen molar-refractivity contribution in [1.29, 1.82) is 0 Å². The molecule has 0 aliphatic heterocycles. The molecule has 7 heteroatoms. The molecule has 0 radical (unpaired) electrons. The van der Waals surface area contributed by atoms with Gasteiger partial charge in [0.1, 0.15) is 12.6 Å². The third kappa shape index (κ3) is 4.52. The largest absolute Gasteiger partial charge is 0.480 e. The number of rotatable bonds is 8. The summed E-state index contributed by atoms with van der Waals surface area (Å²) in [5, 5.41) is 15.0. The first-order valence-electron chi connectivity index (χ1n) is 12.1. The van der Waals surface area contributed by atoms with Gasteiger partial charge in [0.15, 0.2) is 0 Å². The monoisotopic (exact) mass is 462 g/mol. The van der Waals surface area contributed by atoms with E-state index in [1.54, 1.807) is 0 Å². The van der Waals surface area contributed by atoms with E-state index in [4.69, 9.17) is 4.74 Å². The summed E-state index contributed by atoms with van der Waals surface area (Å²) < 4.78 is 5.60. The van der Waals surface area contributed by atoms with Crippen LogP contribution in [-0.4, -0.2) is 42.3 Å². The van der Waals surface area contributed by atoms with Crippen LogP contribution in [0.5, 0.6) is 0 Å². The van der Waals surface area contributed by atoms with Gasteiger partial charge in [0.05, 0.1) is 0 Å². The van der Waals surface area contributed by atoms with Crippen LogP contribution in [0.1, 0.15) is 49.1 Å². The summed E-state index contributed by atoms with van der Waals surface area (Å²) in [6.45, 7) is 0.589. The van der Waals surface area contributed by atoms with Crippen molar-refractivity contribution in [3.8, 4) is 11.1 Å². The van der Waals surface area contributed by atoms with Gasteiger partial charge < -0.3 is 20.5 Å². The lowest BCUT2D eigenvalue weighted by Gasteiger charge is -2.22. The Hall–Kier alpha value is -3.35. The predicted molar refractivity (Wildman–Crippen MR) is 126 cm³/mol. The number of ether oxygens (including phenoxy) is 1. The molecule has 0 heterocycles. The van der Waals surface area contributed by atoms with Crippen LogP contribution >= 0.6 is 0 Å². The Morgan fingerprint density at radius 1 is 0.941 bits per heavy atom. The molecule has 0 saturated heterocycles. The molecule has 3 aliphatic rings. The zero-order valence-electron chi connectivity index (χ0n) is 19.0. The fourth-order valence-electron chi connectivity index (χ4n) is 5.56. The van der Waals surface area contributed by atoms with Crippen molar-refractivity contribution >= 4 is 18.0 Å². The Morgan fingerprint density at radius 3 is 2.21 bits per heavy atom. The highest BCUT2D eigenvalue weighted by atomic mass is 16.5. The van der Waals surface area contributed by atoms with Gasteiger partial charge in [-0.05, 0) is 59.8 Å². The number of carboxylic acid groups (broad SMARTS) is 1. The molecular weight excluding hydrogens is 432 g/mol. The number of amides is 2. The predicted octanol–water partition coefficient (Wildman–Crippen LogP) is 3.92. The molecule has 1 unspecified atom stereocenters. The molecule has 5 rings (SSSR count). The van der Waals surface area contributed by atoms with Crippen molar-refractivity contribution in [3.05, 3.63) is 59.7 Å². The standard InChI is InChI=1S/C27H30N2O5/c30-25(29-24(26(31)32)16-12-13-16)18-11-5-6-17(18)14-28-27(33)34-15-23-21-9-3-1-7-19(21)20-8-2-4-10-22(20)23/h1-4,7-10,16-18,23-24H,5-6,11-15H2,(H,28,33)(H,29,30)(H,31,32)/t17-,18-,24?/m1/s1. The number of nitrogens with one attached hydrogen (secondary N) is 2. The van der Waals surface area contributed by atoms with Crippen LogP contribution < -0.4 is 10.6 Å². The maximum Gasteiger partial charge on any atom is 0.407 e. The molecule has 0 bridgehead atoms. The SMILES string of the molecule is O=C(NC[C@H]1CCC[C@H]1C(=O)NC(C(=O)O)C1CC1)OCC1c2ccccc2-c2ccccc21. The normalized spacial score (nSPS) is 21.9. The highest BCUT2D eigenvalue weighted by Gasteiger charge is 2.40. The van der Waals surface area contributed by atoms with Crippen LogP contribution in [0.25, 0.3) is 11.1 Å². The second-order valence-corrected chi connectivity index (χ2v) is 9.67. The van der Waals surface area contributed by atoms with Gasteiger partial charge in [0, 0.05) is 18.4 Å². The van der Waals surface area contributed by atoms with Crippen molar-refractivity contribution in [1.82, 2.24) is 10.6 Å². The number of hydrogen-bond donors (Lipinski definition) is 3. The molecule has 7 nitrogen and oxygen atoms in total. The number of hydrogen-bond acceptors (Lipinski definition) is 4. The molecule has 3 N–H and O–H groups in total. The molecule has 34 heavy (non-hydrogen) atoms. The van der Waals surface area contributed by atoms with Crippen molar-refractivity contribution in [2.45, 2.75) is 44.1 Å². The first-order valence-corrected chi connectivity index (χ1v) is 12.1. The van der Waals surface area contributed by atoms with E-state index in [0.717, 1.165) is 36.8 Å². The molecule has 2 saturated carbocycles. The molecule has 178 valence electrons. The van der Waals surface area contributed by atoms with Crippen molar-refractivity contribution in [3.63, 3.8) is 0 Å². The second-order valence-electron chi connectivity index (χ2n) is 9.67. The molecule has 0 spiro atoms. The van der Waals surface area contributed by atoms with E-state index < -0.39 is 18.1 Å². The van der Waals surface area contributed by atoms with Crippen LogP contribution in [-0.2, 0) is 14.3 Å². The van der Waals surface area contributed by atoms with Crippen molar-refractivity contribution < 1.29 is 24.2 Å². The summed E-state index contributed by atoms with van der Waals surface area (Å²) in [6.07, 6.45) is 3.61. The Morgan fingerprint density at radius 2 is 1.59 bits per heavy atom. The second kappa shape index (κ2) is 9.49. The number of benzene rings is 2. The van der Waals surface area contributed by atoms with Gasteiger partial charge in [0.25, 0.3) is 0 Å². The fourth-order valence-corrected chi connectivity index (χ4v) is 5.56. The molecular formula is C27H30N2O5. The van der Waals surface area contributed by atoms with E-state index in [0.29, 0.717) is 13.0 Å². The van der Waals surface area contributed by atoms with E-state index in [9.17, 15) is 19.5 Å². The minimum absolute atomic E-state index is 0.00136. The summed E-state index contributed by atoms with van der Waals surface area (Å²) in [5.74, 6) is -1.44. The number of carbonyl (C=O) groups excluding carboxylic acids is 2. The Balaban J connectivity index is 1.14. The lowest BCUT2D eigenvalue weighted by Crippen LogP contribution is -2.46. The summed E-state index contributed by atoms with van der Waals surface area (Å²) in [6, 6.07) is 15.6. The summed E-state index contributed by atoms with van der Waals surface area (Å²) in [5.41, 5.74) is 4.68. The van der Waals surface area contributed by atoms with Crippen molar-refractivity contribution in [2.24, 2.45) is 17.8 Å². The smallest absolute Gasteiger partial charge is 0.407 e. The van der Waals surface area contributed by atoms with Gasteiger partial charge in [-0.15, -0.1) is 0 Å². The molecule has 2 fully saturated rings. The van der Waals surface area contributed by atoms with E-state index in [1.807, 2.05) is 24.3 Å². The maximum absolute atomic E-state index is 12.8. The number of fused-ring (bicyclic) bond motifs is 3. The van der Waals surface area contributed by atoms with Crippen molar-refractivity contribution in [2.75, 3.05) is 13.2 Å². The van der Waals surface area contributed by atoms with E-state index in [-0.39, 0.29) is 36.2 Å². The lowest BCUT2D eigenvalue weighted by atomic mass is 9.94. The van der Waals surface area contributed by atoms with Crippen LogP contribution in [0.15, 0.2) is 48.5 Å². The van der Waals surface area contributed by atoms with Crippen LogP contribution in [0, 0.1) is 17.8 Å². The van der Waals surface area contributed by atoms with Gasteiger partial charge in [-0.25, -0.2) is 9.59 Å². The molecule has 3 atom stereocenters. The van der Waals surface area contributed by atoms with Crippen LogP contribution in [0.3, 0.4) is 0 Å². The van der Waals surface area contributed by atoms with E-state index >= 15 is 0 Å². The highest BCUT2D eigenvalue weighted by Crippen LogP contribution is 2.44. The van der Waals surface area contributed by atoms with Gasteiger partial charge in [0.2, 0.25) is 5.91 Å². The number of carbonyl (C=O) groups is 3. The summed E-state index contributed by atoms with van der Waals surface area (Å²) >= 11 is 0. The first-order chi connectivity index (χ1) is 16.5. The van der Waals surface area contributed by atoms with Gasteiger partial charge >= 0.3 is 12.1 Å². The summed E-state index contributed by atoms with van der Waals surface area (Å²) in [4.78, 5) is 36.7. The van der Waals surface area contributed by atoms with Gasteiger partial charge in [-0.2, -0.15) is 0 Å². The Bertz CT molecular complexity index is 1050. The number of alkyl carbamates (subject to hydrolysis) is 1. The quantitative estimate of drug-likeness (QED) is 0.552. The molecule has 2 amide bonds. The minimum Gasteiger partial charge on any atom is -0.480 e. The van der Waals surface area contributed by atoms with E-state index in [2.05, 4.69) is 34.9 Å².